The fourth-order valence-corrected chi connectivity index (χ4v) is 6.09. The topological polar surface area (TPSA) is 89.2 Å². The van der Waals surface area contributed by atoms with Crippen LogP contribution in [0.15, 0.2) is 46.9 Å². The van der Waals surface area contributed by atoms with Gasteiger partial charge in [-0.1, -0.05) is 6.07 Å². The predicted molar refractivity (Wildman–Crippen MR) is 134 cm³/mol. The Labute approximate surface area is 201 Å². The van der Waals surface area contributed by atoms with E-state index in [0.717, 1.165) is 93.2 Å². The summed E-state index contributed by atoms with van der Waals surface area (Å²) < 4.78 is 0. The number of hydrogen-bond acceptors (Lipinski definition) is 7. The molecule has 4 N–H and O–H groups in total. The molecular formula is C26H35N7O. The van der Waals surface area contributed by atoms with Crippen LogP contribution in [-0.2, 0) is 6.42 Å². The number of amidine groups is 1. The molecule has 2 fully saturated rings. The summed E-state index contributed by atoms with van der Waals surface area (Å²) in [5.41, 5.74) is 14.1. The van der Waals surface area contributed by atoms with Crippen LogP contribution in [0, 0.1) is 0 Å². The predicted octanol–water partition coefficient (Wildman–Crippen LogP) is 2.42. The first-order chi connectivity index (χ1) is 16.6. The van der Waals surface area contributed by atoms with Crippen LogP contribution in [0.4, 0.5) is 5.69 Å². The molecular weight excluding hydrogens is 426 g/mol. The van der Waals surface area contributed by atoms with Gasteiger partial charge in [0.25, 0.3) is 5.91 Å². The number of amides is 1. The zero-order chi connectivity index (χ0) is 23.2. The maximum Gasteiger partial charge on any atom is 0.254 e. The summed E-state index contributed by atoms with van der Waals surface area (Å²) in [5.74, 6) is 2.11. The van der Waals surface area contributed by atoms with Gasteiger partial charge in [-0.2, -0.15) is 0 Å². The standard InChI is InChI=1S/C26H35N7O/c1-17-15-33-24(29-25(17)31-13-10-18(27)16-31)14-22(30-33)23-9-2-3-12-32(23)26(34)20-6-4-8-21-19(20)7-5-11-28-21/h4,6,8,14-15,18,22-23,28,30H,2-3,5,7,9-13,16,27H2,1H3. The van der Waals surface area contributed by atoms with E-state index < -0.39 is 0 Å². The third-order valence-corrected chi connectivity index (χ3v) is 7.83. The van der Waals surface area contributed by atoms with Crippen molar-refractivity contribution in [2.75, 3.05) is 31.5 Å². The maximum atomic E-state index is 13.8. The van der Waals surface area contributed by atoms with E-state index in [4.69, 9.17) is 10.7 Å². The Morgan fingerprint density at radius 1 is 1.18 bits per heavy atom. The highest BCUT2D eigenvalue weighted by molar-refractivity contribution is 5.99. The van der Waals surface area contributed by atoms with Gasteiger partial charge in [0.05, 0.1) is 12.1 Å². The largest absolute Gasteiger partial charge is 0.385 e. The molecule has 3 atom stereocenters. The minimum absolute atomic E-state index is 0.0462. The smallest absolute Gasteiger partial charge is 0.254 e. The van der Waals surface area contributed by atoms with Crippen molar-refractivity contribution in [3.8, 4) is 0 Å². The zero-order valence-electron chi connectivity index (χ0n) is 20.0. The maximum absolute atomic E-state index is 13.8. The van der Waals surface area contributed by atoms with Crippen LogP contribution < -0.4 is 16.5 Å². The van der Waals surface area contributed by atoms with Crippen LogP contribution in [0.5, 0.6) is 0 Å². The van der Waals surface area contributed by atoms with Crippen LogP contribution in [0.1, 0.15) is 54.9 Å². The minimum Gasteiger partial charge on any atom is -0.385 e. The summed E-state index contributed by atoms with van der Waals surface area (Å²) >= 11 is 0. The number of carbonyl (C=O) groups is 1. The fourth-order valence-electron chi connectivity index (χ4n) is 6.09. The quantitative estimate of drug-likeness (QED) is 0.627. The monoisotopic (exact) mass is 461 g/mol. The van der Waals surface area contributed by atoms with E-state index >= 15 is 0 Å². The number of hydrazine groups is 1. The average molecular weight is 462 g/mol. The Bertz CT molecular complexity index is 1080. The van der Waals surface area contributed by atoms with Crippen LogP contribution in [0.25, 0.3) is 0 Å². The van der Waals surface area contributed by atoms with Gasteiger partial charge in [0.1, 0.15) is 11.7 Å². The van der Waals surface area contributed by atoms with Crippen LogP contribution in [0.2, 0.25) is 0 Å². The average Bonchev–Trinajstić information content (AvgIpc) is 3.48. The number of piperidine rings is 1. The second-order valence-electron chi connectivity index (χ2n) is 10.2. The number of aliphatic imine (C=N–C) groups is 1. The lowest BCUT2D eigenvalue weighted by atomic mass is 9.92. The number of nitrogens with two attached hydrogens (primary N) is 1. The van der Waals surface area contributed by atoms with Gasteiger partial charge in [-0.25, -0.2) is 10.4 Å². The van der Waals surface area contributed by atoms with Gasteiger partial charge in [-0.05, 0) is 69.2 Å². The van der Waals surface area contributed by atoms with Gasteiger partial charge in [0.2, 0.25) is 0 Å². The van der Waals surface area contributed by atoms with Gasteiger partial charge >= 0.3 is 0 Å². The molecule has 0 aromatic heterocycles. The Morgan fingerprint density at radius 2 is 2.09 bits per heavy atom. The molecule has 1 aromatic carbocycles. The van der Waals surface area contributed by atoms with E-state index in [9.17, 15) is 4.79 Å². The van der Waals surface area contributed by atoms with Crippen LogP contribution in [0.3, 0.4) is 0 Å². The molecule has 1 amide bonds. The second-order valence-corrected chi connectivity index (χ2v) is 10.2. The van der Waals surface area contributed by atoms with Crippen molar-refractivity contribution in [1.82, 2.24) is 20.2 Å². The van der Waals surface area contributed by atoms with Gasteiger partial charge in [0.15, 0.2) is 0 Å². The Balaban J connectivity index is 1.26. The molecule has 1 aromatic rings. The SMILES string of the molecule is CC1=CN2NC(C3CCCCN3C(=O)c3cccc4c3CCCN4)C=C2N=C1N1CCC(N)C1. The number of nitrogens with one attached hydrogen (secondary N) is 2. The van der Waals surface area contributed by atoms with E-state index in [-0.39, 0.29) is 24.0 Å². The summed E-state index contributed by atoms with van der Waals surface area (Å²) in [7, 11) is 0. The third kappa shape index (κ3) is 3.79. The van der Waals surface area contributed by atoms with E-state index in [0.29, 0.717) is 0 Å². The van der Waals surface area contributed by atoms with Crippen molar-refractivity contribution in [3.05, 3.63) is 53.0 Å². The molecule has 34 heavy (non-hydrogen) atoms. The molecule has 2 saturated heterocycles. The van der Waals surface area contributed by atoms with Crippen molar-refractivity contribution < 1.29 is 4.79 Å². The molecule has 6 rings (SSSR count). The molecule has 5 aliphatic heterocycles. The molecule has 8 heteroatoms. The van der Waals surface area contributed by atoms with Crippen molar-refractivity contribution in [2.45, 2.75) is 63.6 Å². The van der Waals surface area contributed by atoms with Gasteiger partial charge in [-0.3, -0.25) is 9.80 Å². The summed E-state index contributed by atoms with van der Waals surface area (Å²) in [6, 6.07) is 6.49. The Kier molecular flexibility index (Phi) is 5.57. The van der Waals surface area contributed by atoms with Crippen molar-refractivity contribution in [1.29, 1.82) is 0 Å². The molecule has 180 valence electrons. The minimum atomic E-state index is 0.0462. The fraction of sp³-hybridized carbons (Fsp3) is 0.538. The number of fused-ring (bicyclic) bond motifs is 2. The summed E-state index contributed by atoms with van der Waals surface area (Å²) in [4.78, 5) is 23.3. The first kappa shape index (κ1) is 21.7. The lowest BCUT2D eigenvalue weighted by Gasteiger charge is -2.39. The van der Waals surface area contributed by atoms with Gasteiger partial charge < -0.3 is 20.9 Å². The molecule has 0 bridgehead atoms. The number of carbonyl (C=O) groups excluding carboxylic acids is 1. The molecule has 5 heterocycles. The summed E-state index contributed by atoms with van der Waals surface area (Å²) in [6.45, 7) is 5.70. The number of anilines is 1. The Morgan fingerprint density at radius 3 is 2.94 bits per heavy atom. The van der Waals surface area contributed by atoms with Crippen molar-refractivity contribution in [2.24, 2.45) is 10.7 Å². The number of benzene rings is 1. The summed E-state index contributed by atoms with van der Waals surface area (Å²) in [6.07, 6.45) is 10.6. The van der Waals surface area contributed by atoms with E-state index in [2.05, 4.69) is 45.8 Å². The number of nitrogens with zero attached hydrogens (tertiary/aromatic N) is 4. The number of hydrogen-bond donors (Lipinski definition) is 3. The number of likely N-dealkylation sites (tertiary alicyclic amines) is 2. The third-order valence-electron chi connectivity index (χ3n) is 7.83. The molecule has 0 radical (unpaired) electrons. The normalized spacial score (nSPS) is 28.6. The van der Waals surface area contributed by atoms with Gasteiger partial charge in [0, 0.05) is 55.2 Å². The first-order valence-electron chi connectivity index (χ1n) is 12.8. The molecule has 0 spiro atoms. The molecule has 0 saturated carbocycles. The van der Waals surface area contributed by atoms with Crippen LogP contribution >= 0.6 is 0 Å². The molecule has 0 aliphatic carbocycles. The highest BCUT2D eigenvalue weighted by Crippen LogP contribution is 2.32. The van der Waals surface area contributed by atoms with E-state index in [1.54, 1.807) is 0 Å². The highest BCUT2D eigenvalue weighted by atomic mass is 16.2. The lowest BCUT2D eigenvalue weighted by molar-refractivity contribution is 0.0560. The first-order valence-corrected chi connectivity index (χ1v) is 12.8. The van der Waals surface area contributed by atoms with E-state index in [1.165, 1.54) is 5.56 Å². The molecule has 5 aliphatic rings. The number of rotatable bonds is 2. The Hall–Kier alpha value is -2.84. The summed E-state index contributed by atoms with van der Waals surface area (Å²) in [5, 5.41) is 5.50. The lowest BCUT2D eigenvalue weighted by Crippen LogP contribution is -2.54. The van der Waals surface area contributed by atoms with Crippen molar-refractivity contribution in [3.63, 3.8) is 0 Å². The van der Waals surface area contributed by atoms with Gasteiger partial charge in [-0.15, -0.1) is 0 Å². The van der Waals surface area contributed by atoms with Crippen LogP contribution in [-0.4, -0.2) is 70.9 Å². The molecule has 3 unspecified atom stereocenters. The highest BCUT2D eigenvalue weighted by Gasteiger charge is 2.38. The molecule has 8 nitrogen and oxygen atoms in total. The van der Waals surface area contributed by atoms with Crippen molar-refractivity contribution >= 4 is 17.4 Å². The second kappa shape index (κ2) is 8.74. The van der Waals surface area contributed by atoms with E-state index in [1.807, 2.05) is 17.1 Å². The zero-order valence-corrected chi connectivity index (χ0v) is 20.0.